The summed E-state index contributed by atoms with van der Waals surface area (Å²) in [5.74, 6) is -0.0160. The van der Waals surface area contributed by atoms with Crippen LogP contribution in [0.4, 0.5) is 0 Å². The van der Waals surface area contributed by atoms with Crippen molar-refractivity contribution in [3.63, 3.8) is 0 Å². The number of ether oxygens (including phenoxy) is 2. The van der Waals surface area contributed by atoms with Crippen molar-refractivity contribution in [2.75, 3.05) is 26.9 Å². The molecule has 2 aromatic rings. The molecule has 12 heteroatoms. The third-order valence-corrected chi connectivity index (χ3v) is 9.58. The molecule has 1 fully saturated rings. The number of nitrogens with zero attached hydrogens (tertiary/aromatic N) is 1. The molecule has 2 aliphatic heterocycles. The van der Waals surface area contributed by atoms with Crippen LogP contribution in [0.15, 0.2) is 53.4 Å². The van der Waals surface area contributed by atoms with Gasteiger partial charge >= 0.3 is 0 Å². The average molecular weight is 589 g/mol. The molecule has 11 nitrogen and oxygen atoms in total. The largest absolute Gasteiger partial charge is 0.454 e. The quantitative estimate of drug-likeness (QED) is 0.275. The van der Waals surface area contributed by atoms with Gasteiger partial charge < -0.3 is 30.5 Å². The van der Waals surface area contributed by atoms with E-state index in [1.54, 1.807) is 0 Å². The van der Waals surface area contributed by atoms with Gasteiger partial charge in [0.25, 0.3) is 0 Å². The van der Waals surface area contributed by atoms with Gasteiger partial charge in [0.1, 0.15) is 6.04 Å². The second-order valence-corrected chi connectivity index (χ2v) is 12.7. The van der Waals surface area contributed by atoms with E-state index < -0.39 is 34.1 Å². The lowest BCUT2D eigenvalue weighted by atomic mass is 9.95. The third-order valence-electron chi connectivity index (χ3n) is 7.76. The smallest absolute Gasteiger partial charge is 0.243 e. The molecular weight excluding hydrogens is 548 g/mol. The van der Waals surface area contributed by atoms with E-state index in [1.807, 2.05) is 44.2 Å². The molecule has 2 aromatic carbocycles. The van der Waals surface area contributed by atoms with Crippen LogP contribution in [0.5, 0.6) is 11.5 Å². The number of carbonyl (C=O) groups excluding carboxylic acids is 2. The molecule has 4 N–H and O–H groups in total. The summed E-state index contributed by atoms with van der Waals surface area (Å²) in [6.45, 7) is 4.33. The van der Waals surface area contributed by atoms with Gasteiger partial charge in [-0.25, -0.2) is 8.42 Å². The van der Waals surface area contributed by atoms with Crippen LogP contribution in [-0.2, 0) is 26.0 Å². The Bertz CT molecular complexity index is 1300. The van der Waals surface area contributed by atoms with Gasteiger partial charge in [-0.2, -0.15) is 4.31 Å². The fourth-order valence-electron chi connectivity index (χ4n) is 4.99. The van der Waals surface area contributed by atoms with Crippen molar-refractivity contribution in [1.82, 2.24) is 20.3 Å². The Kier molecular flexibility index (Phi) is 10.2. The number of carbonyl (C=O) groups is 2. The van der Waals surface area contributed by atoms with E-state index in [1.165, 1.54) is 25.2 Å². The summed E-state index contributed by atoms with van der Waals surface area (Å²) in [6.07, 6.45) is 1.26. The summed E-state index contributed by atoms with van der Waals surface area (Å²) in [5, 5.41) is 20.3. The molecule has 0 aromatic heterocycles. The number of likely N-dealkylation sites (N-methyl/N-ethyl adjacent to an activating group) is 1. The van der Waals surface area contributed by atoms with Crippen LogP contribution in [0.25, 0.3) is 0 Å². The monoisotopic (exact) mass is 588 g/mol. The number of aliphatic hydroxyl groups excluding tert-OH is 1. The molecular formula is C29H40N4O7S. The average Bonchev–Trinajstić information content (AvgIpc) is 3.67. The molecule has 5 unspecified atom stereocenters. The summed E-state index contributed by atoms with van der Waals surface area (Å²) in [5.41, 5.74) is 0.859. The summed E-state index contributed by atoms with van der Waals surface area (Å²) in [7, 11) is -2.61. The number of amides is 2. The highest BCUT2D eigenvalue weighted by Crippen LogP contribution is 2.34. The van der Waals surface area contributed by atoms with Crippen LogP contribution in [0, 0.1) is 5.92 Å². The predicted molar refractivity (Wildman–Crippen MR) is 153 cm³/mol. The minimum Gasteiger partial charge on any atom is -0.454 e. The lowest BCUT2D eigenvalue weighted by molar-refractivity contribution is -0.132. The molecule has 224 valence electrons. The summed E-state index contributed by atoms with van der Waals surface area (Å²) < 4.78 is 38.3. The van der Waals surface area contributed by atoms with Crippen LogP contribution in [0.3, 0.4) is 0 Å². The number of hydrogen-bond acceptors (Lipinski definition) is 8. The van der Waals surface area contributed by atoms with Gasteiger partial charge in [-0.05, 0) is 49.4 Å². The maximum atomic E-state index is 13.6. The minimum atomic E-state index is -3.99. The van der Waals surface area contributed by atoms with E-state index in [2.05, 4.69) is 16.0 Å². The zero-order chi connectivity index (χ0) is 29.6. The van der Waals surface area contributed by atoms with E-state index in [0.29, 0.717) is 24.3 Å². The Morgan fingerprint density at radius 3 is 2.54 bits per heavy atom. The second kappa shape index (κ2) is 13.6. The summed E-state index contributed by atoms with van der Waals surface area (Å²) in [6, 6.07) is 11.7. The Balaban J connectivity index is 1.51. The molecule has 0 aliphatic carbocycles. The van der Waals surface area contributed by atoms with Crippen molar-refractivity contribution < 1.29 is 32.6 Å². The van der Waals surface area contributed by atoms with Crippen molar-refractivity contribution in [3.05, 3.63) is 54.1 Å². The highest BCUT2D eigenvalue weighted by Gasteiger charge is 2.34. The van der Waals surface area contributed by atoms with Crippen LogP contribution in [0.2, 0.25) is 0 Å². The molecule has 41 heavy (non-hydrogen) atoms. The van der Waals surface area contributed by atoms with Crippen LogP contribution in [0.1, 0.15) is 38.7 Å². The molecule has 2 heterocycles. The number of nitrogens with one attached hydrogen (secondary N) is 3. The normalized spacial score (nSPS) is 19.4. The van der Waals surface area contributed by atoms with E-state index >= 15 is 0 Å². The number of hydrogen-bond donors (Lipinski definition) is 4. The fourth-order valence-corrected chi connectivity index (χ4v) is 6.20. The van der Waals surface area contributed by atoms with Crippen molar-refractivity contribution in [3.8, 4) is 11.5 Å². The maximum Gasteiger partial charge on any atom is 0.243 e. The minimum absolute atomic E-state index is 0.000152. The van der Waals surface area contributed by atoms with E-state index in [4.69, 9.17) is 9.47 Å². The summed E-state index contributed by atoms with van der Waals surface area (Å²) >= 11 is 0. The number of sulfonamides is 1. The standard InChI is InChI=1S/C29H40N4O7S/c1-4-19(2)27(32-28(35)22-11-8-14-30-22)29(36)31-23(15-20-9-6-5-7-10-20)24(34)17-33(3)41(37,38)21-12-13-25-26(16-21)40-18-39-25/h5-7,9-10,12-13,16,19,22-24,27,30,34H,4,8,11,14-15,17-18H2,1-3H3,(H,31,36)(H,32,35). The van der Waals surface area contributed by atoms with E-state index in [-0.39, 0.29) is 42.5 Å². The van der Waals surface area contributed by atoms with Gasteiger partial charge in [0.2, 0.25) is 28.6 Å². The van der Waals surface area contributed by atoms with Crippen molar-refractivity contribution in [1.29, 1.82) is 0 Å². The zero-order valence-electron chi connectivity index (χ0n) is 23.7. The van der Waals surface area contributed by atoms with Crippen LogP contribution in [-0.4, -0.2) is 80.8 Å². The predicted octanol–water partition coefficient (Wildman–Crippen LogP) is 1.41. The van der Waals surface area contributed by atoms with Gasteiger partial charge in [0.15, 0.2) is 11.5 Å². The zero-order valence-corrected chi connectivity index (χ0v) is 24.5. The lowest BCUT2D eigenvalue weighted by Gasteiger charge is -2.31. The maximum absolute atomic E-state index is 13.6. The molecule has 2 amide bonds. The van der Waals surface area contributed by atoms with Gasteiger partial charge in [-0.1, -0.05) is 50.6 Å². The number of aliphatic hydroxyl groups is 1. The fraction of sp³-hybridized carbons (Fsp3) is 0.517. The SMILES string of the molecule is CCC(C)C(NC(=O)C1CCCN1)C(=O)NC(Cc1ccccc1)C(O)CN(C)S(=O)(=O)c1ccc2c(c1)OCO2. The van der Waals surface area contributed by atoms with Gasteiger partial charge in [-0.15, -0.1) is 0 Å². The number of rotatable bonds is 13. The molecule has 5 atom stereocenters. The Morgan fingerprint density at radius 2 is 1.85 bits per heavy atom. The summed E-state index contributed by atoms with van der Waals surface area (Å²) in [4.78, 5) is 26.5. The highest BCUT2D eigenvalue weighted by atomic mass is 32.2. The third kappa shape index (κ3) is 7.56. The highest BCUT2D eigenvalue weighted by molar-refractivity contribution is 7.89. The molecule has 0 radical (unpaired) electrons. The van der Waals surface area contributed by atoms with Crippen LogP contribution >= 0.6 is 0 Å². The van der Waals surface area contributed by atoms with Gasteiger partial charge in [-0.3, -0.25) is 9.59 Å². The van der Waals surface area contributed by atoms with Crippen molar-refractivity contribution in [2.45, 2.75) is 68.7 Å². The number of fused-ring (bicyclic) bond motifs is 1. The van der Waals surface area contributed by atoms with Crippen molar-refractivity contribution >= 4 is 21.8 Å². The first-order valence-electron chi connectivity index (χ1n) is 14.0. The Hall–Kier alpha value is -3.19. The first kappa shape index (κ1) is 30.8. The molecule has 1 saturated heterocycles. The Morgan fingerprint density at radius 1 is 1.12 bits per heavy atom. The second-order valence-electron chi connectivity index (χ2n) is 10.7. The molecule has 2 aliphatic rings. The van der Waals surface area contributed by atoms with Crippen molar-refractivity contribution in [2.24, 2.45) is 5.92 Å². The van der Waals surface area contributed by atoms with E-state index in [9.17, 15) is 23.1 Å². The van der Waals surface area contributed by atoms with Gasteiger partial charge in [0.05, 0.1) is 23.1 Å². The first-order valence-corrected chi connectivity index (χ1v) is 15.5. The van der Waals surface area contributed by atoms with Gasteiger partial charge in [0, 0.05) is 19.7 Å². The van der Waals surface area contributed by atoms with Crippen LogP contribution < -0.4 is 25.4 Å². The molecule has 4 rings (SSSR count). The number of benzene rings is 2. The molecule has 0 bridgehead atoms. The lowest BCUT2D eigenvalue weighted by Crippen LogP contribution is -2.58. The Labute approximate surface area is 241 Å². The molecule has 0 spiro atoms. The first-order chi connectivity index (χ1) is 19.6. The topological polar surface area (TPSA) is 146 Å². The molecule has 0 saturated carbocycles. The van der Waals surface area contributed by atoms with E-state index in [0.717, 1.165) is 22.8 Å².